The lowest BCUT2D eigenvalue weighted by Crippen LogP contribution is -2.02. The van der Waals surface area contributed by atoms with Crippen molar-refractivity contribution in [2.75, 3.05) is 31.3 Å². The van der Waals surface area contributed by atoms with Crippen LogP contribution in [-0.4, -0.2) is 31.3 Å². The fourth-order valence-electron chi connectivity index (χ4n) is 0.882. The van der Waals surface area contributed by atoms with E-state index in [4.69, 9.17) is 25.4 Å². The first-order valence-corrected chi connectivity index (χ1v) is 9.01. The van der Waals surface area contributed by atoms with Crippen molar-refractivity contribution in [3.8, 4) is 0 Å². The first-order valence-electron chi connectivity index (χ1n) is 5.29. The minimum absolute atomic E-state index is 0.541. The van der Waals surface area contributed by atoms with E-state index in [0.29, 0.717) is 19.8 Å². The Balaban J connectivity index is 3.71. The molecule has 0 fully saturated rings. The number of hydrogen-bond donors (Lipinski definition) is 0. The number of hydrogen-bond acceptors (Lipinski definition) is 5. The Morgan fingerprint density at radius 3 is 2.07 bits per heavy atom. The summed E-state index contributed by atoms with van der Waals surface area (Å²) in [5.41, 5.74) is 0. The van der Waals surface area contributed by atoms with Crippen LogP contribution in [0.3, 0.4) is 0 Å². The molecule has 6 heteroatoms. The summed E-state index contributed by atoms with van der Waals surface area (Å²) in [6, 6.07) is 0. The van der Waals surface area contributed by atoms with Gasteiger partial charge in [-0.05, 0) is 37.8 Å². The minimum atomic E-state index is -2.45. The third-order valence-corrected chi connectivity index (χ3v) is 5.15. The van der Waals surface area contributed by atoms with Crippen molar-refractivity contribution in [2.45, 2.75) is 27.2 Å². The molecule has 0 atom stereocenters. The summed E-state index contributed by atoms with van der Waals surface area (Å²) in [4.78, 5) is 0. The fourth-order valence-corrected chi connectivity index (χ4v) is 3.73. The van der Waals surface area contributed by atoms with Crippen LogP contribution in [0.15, 0.2) is 0 Å². The normalized spacial score (nSPS) is 11.9. The van der Waals surface area contributed by atoms with E-state index in [-0.39, 0.29) is 0 Å². The van der Waals surface area contributed by atoms with Crippen molar-refractivity contribution in [1.82, 2.24) is 0 Å². The highest BCUT2D eigenvalue weighted by atomic mass is 32.5. The lowest BCUT2D eigenvalue weighted by Gasteiger charge is -2.20. The monoisotopic (exact) mass is 272 g/mol. The Morgan fingerprint density at radius 2 is 1.60 bits per heavy atom. The van der Waals surface area contributed by atoms with Crippen LogP contribution in [-0.2, 0) is 25.4 Å². The summed E-state index contributed by atoms with van der Waals surface area (Å²) in [5.74, 6) is 2.11. The molecule has 92 valence electrons. The molecule has 0 amide bonds. The molecule has 0 aliphatic heterocycles. The predicted octanol–water partition coefficient (Wildman–Crippen LogP) is 3.44. The van der Waals surface area contributed by atoms with Crippen LogP contribution in [0, 0.1) is 0 Å². The van der Waals surface area contributed by atoms with E-state index in [9.17, 15) is 0 Å². The van der Waals surface area contributed by atoms with Crippen LogP contribution in [0.25, 0.3) is 0 Å². The van der Waals surface area contributed by atoms with Gasteiger partial charge in [0.1, 0.15) is 0 Å². The van der Waals surface area contributed by atoms with Gasteiger partial charge in [0.05, 0.1) is 19.8 Å². The molecule has 0 spiro atoms. The largest absolute Gasteiger partial charge is 0.327 e. The first-order chi connectivity index (χ1) is 7.18. The molecule has 0 N–H and O–H groups in total. The average molecular weight is 272 g/mol. The van der Waals surface area contributed by atoms with E-state index in [1.165, 1.54) is 6.42 Å². The third-order valence-electron chi connectivity index (χ3n) is 1.40. The highest BCUT2D eigenvalue weighted by Gasteiger charge is 2.18. The first kappa shape index (κ1) is 15.9. The molecule has 0 rings (SSSR count). The molecule has 0 radical (unpaired) electrons. The van der Waals surface area contributed by atoms with Gasteiger partial charge < -0.3 is 13.6 Å². The van der Waals surface area contributed by atoms with E-state index in [0.717, 1.165) is 11.5 Å². The molecule has 0 aliphatic rings. The van der Waals surface area contributed by atoms with E-state index in [1.54, 1.807) is 0 Å². The van der Waals surface area contributed by atoms with Gasteiger partial charge in [-0.3, -0.25) is 0 Å². The predicted molar refractivity (Wildman–Crippen MR) is 71.1 cm³/mol. The zero-order valence-corrected chi connectivity index (χ0v) is 12.3. The van der Waals surface area contributed by atoms with Crippen molar-refractivity contribution in [2.24, 2.45) is 0 Å². The average Bonchev–Trinajstić information content (AvgIpc) is 2.18. The highest BCUT2D eigenvalue weighted by Crippen LogP contribution is 2.49. The highest BCUT2D eigenvalue weighted by molar-refractivity contribution is 8.07. The SMILES string of the molecule is CCCSCCOP(=S)(OCC)OCC. The molecule has 0 aromatic rings. The Kier molecular flexibility index (Phi) is 10.7. The van der Waals surface area contributed by atoms with Crippen molar-refractivity contribution < 1.29 is 13.6 Å². The van der Waals surface area contributed by atoms with Gasteiger partial charge in [-0.2, -0.15) is 11.8 Å². The van der Waals surface area contributed by atoms with E-state index in [1.807, 2.05) is 25.6 Å². The number of thioether (sulfide) groups is 1. The van der Waals surface area contributed by atoms with Gasteiger partial charge in [-0.25, -0.2) is 0 Å². The van der Waals surface area contributed by atoms with Gasteiger partial charge in [0.2, 0.25) is 0 Å². The Labute approximate surface area is 103 Å². The molecule has 0 bridgehead atoms. The van der Waals surface area contributed by atoms with Gasteiger partial charge in [-0.15, -0.1) is 0 Å². The van der Waals surface area contributed by atoms with Crippen molar-refractivity contribution in [1.29, 1.82) is 0 Å². The zero-order chi connectivity index (χ0) is 11.6. The second-order valence-corrected chi connectivity index (χ2v) is 6.96. The van der Waals surface area contributed by atoms with Crippen molar-refractivity contribution in [3.63, 3.8) is 0 Å². The molecular formula is C9H21O3PS2. The second kappa shape index (κ2) is 10.1. The van der Waals surface area contributed by atoms with Crippen LogP contribution in [0.1, 0.15) is 27.2 Å². The maximum absolute atomic E-state index is 5.52. The molecule has 0 aromatic heterocycles. The van der Waals surface area contributed by atoms with Crippen LogP contribution >= 0.6 is 18.5 Å². The van der Waals surface area contributed by atoms with Gasteiger partial charge >= 0.3 is 6.72 Å². The van der Waals surface area contributed by atoms with E-state index in [2.05, 4.69) is 6.92 Å². The standard InChI is InChI=1S/C9H21O3PS2/c1-4-8-15-9-7-12-13(14,10-5-2)11-6-3/h4-9H2,1-3H3. The summed E-state index contributed by atoms with van der Waals surface area (Å²) in [5, 5.41) is 0. The summed E-state index contributed by atoms with van der Waals surface area (Å²) in [7, 11) is 0. The summed E-state index contributed by atoms with van der Waals surface area (Å²) < 4.78 is 16.2. The van der Waals surface area contributed by atoms with Gasteiger partial charge in [0, 0.05) is 5.75 Å². The quantitative estimate of drug-likeness (QED) is 0.448. The van der Waals surface area contributed by atoms with Gasteiger partial charge in [0.15, 0.2) is 0 Å². The zero-order valence-electron chi connectivity index (χ0n) is 9.73. The van der Waals surface area contributed by atoms with Crippen molar-refractivity contribution >= 4 is 30.3 Å². The van der Waals surface area contributed by atoms with Crippen molar-refractivity contribution in [3.05, 3.63) is 0 Å². The molecule has 0 saturated heterocycles. The Hall–Kier alpha value is 0.880. The topological polar surface area (TPSA) is 27.7 Å². The van der Waals surface area contributed by atoms with Gasteiger partial charge in [-0.1, -0.05) is 6.92 Å². The molecule has 3 nitrogen and oxygen atoms in total. The lowest BCUT2D eigenvalue weighted by molar-refractivity contribution is 0.174. The second-order valence-electron chi connectivity index (χ2n) is 2.73. The Bertz CT molecular complexity index is 180. The molecule has 0 unspecified atom stereocenters. The molecule has 0 saturated carbocycles. The molecule has 0 aromatic carbocycles. The van der Waals surface area contributed by atoms with E-state index < -0.39 is 6.72 Å². The molecule has 15 heavy (non-hydrogen) atoms. The minimum Gasteiger partial charge on any atom is -0.309 e. The Morgan fingerprint density at radius 1 is 1.00 bits per heavy atom. The maximum Gasteiger partial charge on any atom is 0.327 e. The fraction of sp³-hybridized carbons (Fsp3) is 1.00. The van der Waals surface area contributed by atoms with Crippen LogP contribution in [0.5, 0.6) is 0 Å². The molecule has 0 heterocycles. The van der Waals surface area contributed by atoms with Crippen LogP contribution < -0.4 is 0 Å². The smallest absolute Gasteiger partial charge is 0.309 e. The lowest BCUT2D eigenvalue weighted by atomic mass is 10.6. The molecule has 0 aliphatic carbocycles. The van der Waals surface area contributed by atoms with E-state index >= 15 is 0 Å². The third kappa shape index (κ3) is 8.66. The summed E-state index contributed by atoms with van der Waals surface area (Å²) in [6.45, 7) is 5.21. The molecular weight excluding hydrogens is 251 g/mol. The summed E-state index contributed by atoms with van der Waals surface area (Å²) in [6.07, 6.45) is 1.19. The van der Waals surface area contributed by atoms with Crippen LogP contribution in [0.4, 0.5) is 0 Å². The van der Waals surface area contributed by atoms with Gasteiger partial charge in [0.25, 0.3) is 0 Å². The van der Waals surface area contributed by atoms with Crippen LogP contribution in [0.2, 0.25) is 0 Å². The number of rotatable bonds is 10. The summed E-state index contributed by atoms with van der Waals surface area (Å²) >= 11 is 7.08. The maximum atomic E-state index is 5.52.